The first kappa shape index (κ1) is 20.3. The zero-order valence-corrected chi connectivity index (χ0v) is 18.7. The highest BCUT2D eigenvalue weighted by Gasteiger charge is 2.26. The standard InChI is InChI=1S/C26H23N3O2S/c1-17-8-13-24-21(14-17)22(15-25(31-24)19-6-4-3-5-7-19)28-29-26-27-23(16-32-26)18-9-11-20(30-2)12-10-18/h3-14,16,25H,15H2,1-2H3,(H,27,29)/b28-22-/t25-/m0/s1. The lowest BCUT2D eigenvalue weighted by molar-refractivity contribution is 0.206. The second kappa shape index (κ2) is 8.85. The number of ether oxygens (including phenoxy) is 2. The van der Waals surface area contributed by atoms with Gasteiger partial charge in [-0.15, -0.1) is 11.3 Å². The number of fused-ring (bicyclic) bond motifs is 1. The van der Waals surface area contributed by atoms with Crippen molar-refractivity contribution in [3.05, 3.63) is 94.9 Å². The third-order valence-corrected chi connectivity index (χ3v) is 6.19. The lowest BCUT2D eigenvalue weighted by atomic mass is 9.94. The molecule has 160 valence electrons. The molecule has 1 aliphatic heterocycles. The first-order valence-corrected chi connectivity index (χ1v) is 11.3. The summed E-state index contributed by atoms with van der Waals surface area (Å²) in [7, 11) is 1.66. The second-order valence-corrected chi connectivity index (χ2v) is 8.52. The van der Waals surface area contributed by atoms with E-state index < -0.39 is 0 Å². The molecular formula is C26H23N3O2S. The molecule has 0 aliphatic carbocycles. The molecule has 0 amide bonds. The first-order chi connectivity index (χ1) is 15.7. The van der Waals surface area contributed by atoms with Gasteiger partial charge in [0.25, 0.3) is 0 Å². The summed E-state index contributed by atoms with van der Waals surface area (Å²) < 4.78 is 11.5. The molecule has 4 aromatic rings. The number of aryl methyl sites for hydroxylation is 1. The Morgan fingerprint density at radius 2 is 1.88 bits per heavy atom. The molecule has 1 N–H and O–H groups in total. The second-order valence-electron chi connectivity index (χ2n) is 7.66. The maximum Gasteiger partial charge on any atom is 0.203 e. The van der Waals surface area contributed by atoms with E-state index in [1.165, 1.54) is 16.9 Å². The fourth-order valence-electron chi connectivity index (χ4n) is 3.75. The van der Waals surface area contributed by atoms with Gasteiger partial charge >= 0.3 is 0 Å². The number of rotatable bonds is 5. The molecule has 0 bridgehead atoms. The topological polar surface area (TPSA) is 55.7 Å². The molecular weight excluding hydrogens is 418 g/mol. The van der Waals surface area contributed by atoms with Gasteiger partial charge in [-0.1, -0.05) is 42.0 Å². The molecule has 1 atom stereocenters. The zero-order valence-electron chi connectivity index (χ0n) is 17.9. The number of thiazole rings is 1. The third-order valence-electron chi connectivity index (χ3n) is 5.44. The van der Waals surface area contributed by atoms with Crippen LogP contribution in [-0.2, 0) is 0 Å². The molecule has 0 unspecified atom stereocenters. The highest BCUT2D eigenvalue weighted by molar-refractivity contribution is 7.14. The quantitative estimate of drug-likeness (QED) is 0.361. The largest absolute Gasteiger partial charge is 0.497 e. The third kappa shape index (κ3) is 4.22. The number of nitrogens with one attached hydrogen (secondary N) is 1. The number of benzene rings is 3. The van der Waals surface area contributed by atoms with Crippen LogP contribution in [0.25, 0.3) is 11.3 Å². The van der Waals surface area contributed by atoms with Crippen molar-refractivity contribution in [2.45, 2.75) is 19.4 Å². The lowest BCUT2D eigenvalue weighted by Gasteiger charge is -2.27. The van der Waals surface area contributed by atoms with Crippen LogP contribution in [0.5, 0.6) is 11.5 Å². The summed E-state index contributed by atoms with van der Waals surface area (Å²) >= 11 is 1.53. The fourth-order valence-corrected chi connectivity index (χ4v) is 4.41. The van der Waals surface area contributed by atoms with E-state index in [0.29, 0.717) is 6.42 Å². The van der Waals surface area contributed by atoms with Gasteiger partial charge in [0.2, 0.25) is 5.13 Å². The van der Waals surface area contributed by atoms with E-state index in [-0.39, 0.29) is 6.10 Å². The van der Waals surface area contributed by atoms with Gasteiger partial charge in [0.05, 0.1) is 18.5 Å². The summed E-state index contributed by atoms with van der Waals surface area (Å²) in [4.78, 5) is 4.70. The van der Waals surface area contributed by atoms with Crippen LogP contribution in [-0.4, -0.2) is 17.8 Å². The Balaban J connectivity index is 1.41. The molecule has 5 nitrogen and oxygen atoms in total. The minimum Gasteiger partial charge on any atom is -0.497 e. The van der Waals surface area contributed by atoms with Crippen LogP contribution in [0.1, 0.15) is 29.2 Å². The minimum absolute atomic E-state index is 0.0712. The van der Waals surface area contributed by atoms with Crippen molar-refractivity contribution in [3.63, 3.8) is 0 Å². The highest BCUT2D eigenvalue weighted by Crippen LogP contribution is 2.36. The van der Waals surface area contributed by atoms with Crippen LogP contribution in [0.4, 0.5) is 5.13 Å². The van der Waals surface area contributed by atoms with Crippen molar-refractivity contribution >= 4 is 22.2 Å². The van der Waals surface area contributed by atoms with Crippen LogP contribution >= 0.6 is 11.3 Å². The Morgan fingerprint density at radius 1 is 1.06 bits per heavy atom. The number of hydrazone groups is 1. The van der Waals surface area contributed by atoms with Crippen molar-refractivity contribution in [1.82, 2.24) is 4.98 Å². The molecule has 0 spiro atoms. The molecule has 0 saturated carbocycles. The van der Waals surface area contributed by atoms with Crippen molar-refractivity contribution in [1.29, 1.82) is 0 Å². The molecule has 1 aliphatic rings. The summed E-state index contributed by atoms with van der Waals surface area (Å²) in [5.74, 6) is 1.68. The number of anilines is 1. The van der Waals surface area contributed by atoms with Crippen molar-refractivity contribution in [2.75, 3.05) is 12.5 Å². The van der Waals surface area contributed by atoms with Gasteiger partial charge in [-0.05, 0) is 48.9 Å². The summed E-state index contributed by atoms with van der Waals surface area (Å²) in [6, 6.07) is 24.4. The Hall–Kier alpha value is -3.64. The van der Waals surface area contributed by atoms with Gasteiger partial charge in [0.15, 0.2) is 0 Å². The smallest absolute Gasteiger partial charge is 0.203 e. The van der Waals surface area contributed by atoms with Gasteiger partial charge in [-0.25, -0.2) is 4.98 Å². The summed E-state index contributed by atoms with van der Waals surface area (Å²) in [5.41, 5.74) is 9.43. The highest BCUT2D eigenvalue weighted by atomic mass is 32.1. The average molecular weight is 442 g/mol. The van der Waals surface area contributed by atoms with Crippen LogP contribution in [0.15, 0.2) is 83.3 Å². The van der Waals surface area contributed by atoms with Gasteiger partial charge < -0.3 is 9.47 Å². The predicted molar refractivity (Wildman–Crippen MR) is 130 cm³/mol. The van der Waals surface area contributed by atoms with Gasteiger partial charge in [-0.3, -0.25) is 5.43 Å². The Morgan fingerprint density at radius 3 is 2.66 bits per heavy atom. The molecule has 0 saturated heterocycles. The fraction of sp³-hybridized carbons (Fsp3) is 0.154. The number of hydrogen-bond acceptors (Lipinski definition) is 6. The van der Waals surface area contributed by atoms with E-state index in [0.717, 1.165) is 44.7 Å². The number of nitrogens with zero attached hydrogens (tertiary/aromatic N) is 2. The van der Waals surface area contributed by atoms with Crippen LogP contribution < -0.4 is 14.9 Å². The SMILES string of the molecule is COc1ccc(-c2csc(N/N=C3/C[C@@H](c4ccccc4)Oc4ccc(C)cc43)n2)cc1. The van der Waals surface area contributed by atoms with E-state index in [1.54, 1.807) is 7.11 Å². The van der Waals surface area contributed by atoms with E-state index >= 15 is 0 Å². The normalized spacial score (nSPS) is 16.3. The minimum atomic E-state index is -0.0712. The van der Waals surface area contributed by atoms with Gasteiger partial charge in [-0.2, -0.15) is 5.10 Å². The monoisotopic (exact) mass is 441 g/mol. The number of hydrogen-bond donors (Lipinski definition) is 1. The van der Waals surface area contributed by atoms with E-state index in [9.17, 15) is 0 Å². The Bertz CT molecular complexity index is 1250. The Labute approximate surface area is 191 Å². The number of methoxy groups -OCH3 is 1. The molecule has 2 heterocycles. The summed E-state index contributed by atoms with van der Waals surface area (Å²) in [6.07, 6.45) is 0.614. The van der Waals surface area contributed by atoms with Crippen molar-refractivity contribution in [2.24, 2.45) is 5.10 Å². The summed E-state index contributed by atoms with van der Waals surface area (Å²) in [6.45, 7) is 2.08. The molecule has 3 aromatic carbocycles. The first-order valence-electron chi connectivity index (χ1n) is 10.4. The van der Waals surface area contributed by atoms with Crippen LogP contribution in [0.2, 0.25) is 0 Å². The molecule has 1 aromatic heterocycles. The van der Waals surface area contributed by atoms with Gasteiger partial charge in [0.1, 0.15) is 17.6 Å². The zero-order chi connectivity index (χ0) is 21.9. The maximum absolute atomic E-state index is 6.30. The molecule has 0 fully saturated rings. The van der Waals surface area contributed by atoms with E-state index in [2.05, 4.69) is 36.6 Å². The van der Waals surface area contributed by atoms with Crippen LogP contribution in [0, 0.1) is 6.92 Å². The van der Waals surface area contributed by atoms with E-state index in [4.69, 9.17) is 19.6 Å². The molecule has 0 radical (unpaired) electrons. The lowest BCUT2D eigenvalue weighted by Crippen LogP contribution is -2.22. The van der Waals surface area contributed by atoms with Crippen molar-refractivity contribution < 1.29 is 9.47 Å². The van der Waals surface area contributed by atoms with E-state index in [1.807, 2.05) is 53.9 Å². The maximum atomic E-state index is 6.30. The average Bonchev–Trinajstić information content (AvgIpc) is 3.32. The molecule has 6 heteroatoms. The Kier molecular flexibility index (Phi) is 5.60. The number of aromatic nitrogens is 1. The van der Waals surface area contributed by atoms with Crippen molar-refractivity contribution in [3.8, 4) is 22.8 Å². The summed E-state index contributed by atoms with van der Waals surface area (Å²) in [5, 5.41) is 7.54. The predicted octanol–water partition coefficient (Wildman–Crippen LogP) is 6.47. The molecule has 5 rings (SSSR count). The molecule has 32 heavy (non-hydrogen) atoms. The van der Waals surface area contributed by atoms with Crippen LogP contribution in [0.3, 0.4) is 0 Å². The van der Waals surface area contributed by atoms with Gasteiger partial charge in [0, 0.05) is 22.9 Å².